The number of amides is 5. The van der Waals surface area contributed by atoms with Gasteiger partial charge in [0.25, 0.3) is 5.91 Å². The van der Waals surface area contributed by atoms with Crippen molar-refractivity contribution in [2.45, 2.75) is 101 Å². The summed E-state index contributed by atoms with van der Waals surface area (Å²) in [6.07, 6.45) is 8.10. The van der Waals surface area contributed by atoms with Gasteiger partial charge in [0, 0.05) is 124 Å². The largest absolute Gasteiger partial charge is 0.490 e. The SMILES string of the molecule is C[C@@H](C(=O)Nc1cccc(OC2CCN(C(=O)CN3CCC(N4CCN(c5ccc6c(c5)C(=O)N(C5CCC(=O)NC5=O)C6O)CC4)CC3)CC2)c1)C1CCC(c2ccnc3ccc(F)cc23)CC1. The Morgan fingerprint density at radius 3 is 2.36 bits per heavy atom. The molecule has 6 heterocycles. The minimum atomic E-state index is -1.23. The minimum absolute atomic E-state index is 0.000954. The number of ether oxygens (including phenoxy) is 1. The first-order valence-corrected chi connectivity index (χ1v) is 25.0. The van der Waals surface area contributed by atoms with Crippen molar-refractivity contribution in [1.29, 1.82) is 0 Å². The summed E-state index contributed by atoms with van der Waals surface area (Å²) in [6.45, 7) is 8.83. The van der Waals surface area contributed by atoms with E-state index in [1.807, 2.05) is 60.5 Å². The van der Waals surface area contributed by atoms with Gasteiger partial charge in [-0.1, -0.05) is 19.1 Å². The number of piperazine rings is 1. The number of nitrogens with zero attached hydrogens (tertiary/aromatic N) is 6. The lowest BCUT2D eigenvalue weighted by Gasteiger charge is -2.43. The fourth-order valence-electron chi connectivity index (χ4n) is 11.8. The molecule has 2 unspecified atom stereocenters. The van der Waals surface area contributed by atoms with Gasteiger partial charge in [-0.05, 0) is 111 Å². The predicted octanol–water partition coefficient (Wildman–Crippen LogP) is 5.83. The van der Waals surface area contributed by atoms with Gasteiger partial charge >= 0.3 is 0 Å². The topological polar surface area (TPSA) is 168 Å². The highest BCUT2D eigenvalue weighted by atomic mass is 19.1. The van der Waals surface area contributed by atoms with Crippen molar-refractivity contribution >= 4 is 51.8 Å². The summed E-state index contributed by atoms with van der Waals surface area (Å²) >= 11 is 0. The van der Waals surface area contributed by atoms with Crippen LogP contribution in [-0.4, -0.2) is 136 Å². The molecule has 6 aliphatic rings. The molecule has 3 atom stereocenters. The molecule has 4 aromatic rings. The summed E-state index contributed by atoms with van der Waals surface area (Å²) in [7, 11) is 0. The number of rotatable bonds is 11. The van der Waals surface area contributed by atoms with Gasteiger partial charge in [-0.25, -0.2) is 4.39 Å². The lowest BCUT2D eigenvalue weighted by Crippen LogP contribution is -2.54. The third-order valence-corrected chi connectivity index (χ3v) is 16.0. The lowest BCUT2D eigenvalue weighted by molar-refractivity contribution is -0.139. The first kappa shape index (κ1) is 46.7. The second-order valence-electron chi connectivity index (χ2n) is 20.0. The zero-order valence-electron chi connectivity index (χ0n) is 39.4. The third kappa shape index (κ3) is 10.1. The van der Waals surface area contributed by atoms with E-state index in [1.165, 1.54) is 11.0 Å². The molecule has 5 aliphatic heterocycles. The molecule has 15 nitrogen and oxygen atoms in total. The van der Waals surface area contributed by atoms with Gasteiger partial charge in [0.15, 0.2) is 6.23 Å². The Kier molecular flexibility index (Phi) is 13.7. The fourth-order valence-corrected chi connectivity index (χ4v) is 11.8. The highest BCUT2D eigenvalue weighted by Gasteiger charge is 2.45. The zero-order valence-corrected chi connectivity index (χ0v) is 39.4. The van der Waals surface area contributed by atoms with Crippen LogP contribution in [0.4, 0.5) is 15.8 Å². The molecule has 1 aromatic heterocycles. The van der Waals surface area contributed by atoms with Gasteiger partial charge in [0.2, 0.25) is 23.6 Å². The van der Waals surface area contributed by atoms with E-state index in [-0.39, 0.29) is 54.3 Å². The minimum Gasteiger partial charge on any atom is -0.490 e. The number of likely N-dealkylation sites (tertiary alicyclic amines) is 2. The van der Waals surface area contributed by atoms with Gasteiger partial charge < -0.3 is 25.0 Å². The van der Waals surface area contributed by atoms with Crippen molar-refractivity contribution in [2.75, 3.05) is 69.1 Å². The van der Waals surface area contributed by atoms with E-state index >= 15 is 0 Å². The van der Waals surface area contributed by atoms with E-state index in [0.29, 0.717) is 54.2 Å². The molecule has 4 saturated heterocycles. The molecule has 3 N–H and O–H groups in total. The number of aliphatic hydroxyl groups excluding tert-OH is 1. The van der Waals surface area contributed by atoms with E-state index < -0.39 is 24.1 Å². The second-order valence-corrected chi connectivity index (χ2v) is 20.0. The van der Waals surface area contributed by atoms with Gasteiger partial charge in [0.1, 0.15) is 23.7 Å². The van der Waals surface area contributed by atoms with Gasteiger partial charge in [-0.15, -0.1) is 0 Å². The van der Waals surface area contributed by atoms with Crippen LogP contribution in [0.5, 0.6) is 5.75 Å². The Hall–Kier alpha value is -5.97. The Morgan fingerprint density at radius 2 is 1.61 bits per heavy atom. The number of benzene rings is 3. The van der Waals surface area contributed by atoms with E-state index in [1.54, 1.807) is 18.2 Å². The van der Waals surface area contributed by atoms with Crippen LogP contribution in [0.1, 0.15) is 105 Å². The van der Waals surface area contributed by atoms with E-state index in [9.17, 15) is 33.5 Å². The maximum Gasteiger partial charge on any atom is 0.257 e. The van der Waals surface area contributed by atoms with Crippen molar-refractivity contribution in [3.05, 3.63) is 95.4 Å². The lowest BCUT2D eigenvalue weighted by atomic mass is 9.73. The summed E-state index contributed by atoms with van der Waals surface area (Å²) < 4.78 is 20.5. The van der Waals surface area contributed by atoms with Crippen LogP contribution >= 0.6 is 0 Å². The van der Waals surface area contributed by atoms with Gasteiger partial charge in [-0.3, -0.25) is 49.0 Å². The molecule has 3 aromatic carbocycles. The maximum absolute atomic E-state index is 14.1. The van der Waals surface area contributed by atoms with Crippen LogP contribution in [0, 0.1) is 17.7 Å². The first-order valence-electron chi connectivity index (χ1n) is 25.0. The number of nitrogens with one attached hydrogen (secondary N) is 2. The number of carbonyl (C=O) groups is 5. The summed E-state index contributed by atoms with van der Waals surface area (Å²) in [5.74, 6) is -0.274. The van der Waals surface area contributed by atoms with Crippen LogP contribution < -0.4 is 20.3 Å². The molecule has 10 rings (SSSR count). The average molecular weight is 943 g/mol. The van der Waals surface area contributed by atoms with Gasteiger partial charge in [-0.2, -0.15) is 0 Å². The zero-order chi connectivity index (χ0) is 47.8. The Labute approximate surface area is 402 Å². The average Bonchev–Trinajstić information content (AvgIpc) is 3.61. The van der Waals surface area contributed by atoms with Crippen LogP contribution in [0.25, 0.3) is 10.9 Å². The Balaban J connectivity index is 0.626. The molecule has 5 fully saturated rings. The smallest absolute Gasteiger partial charge is 0.257 e. The molecule has 364 valence electrons. The van der Waals surface area contributed by atoms with Crippen molar-refractivity contribution in [3.63, 3.8) is 0 Å². The number of anilines is 2. The number of hydrogen-bond acceptors (Lipinski definition) is 11. The molecular formula is C53H63FN8O7. The number of fused-ring (bicyclic) bond motifs is 2. The summed E-state index contributed by atoms with van der Waals surface area (Å²) in [5.41, 5.74) is 4.44. The summed E-state index contributed by atoms with van der Waals surface area (Å²) in [6, 6.07) is 19.5. The number of hydrogen-bond donors (Lipinski definition) is 3. The van der Waals surface area contributed by atoms with Crippen LogP contribution in [0.3, 0.4) is 0 Å². The Bertz CT molecular complexity index is 2580. The standard InChI is InChI=1S/C53H63FN8O7/c1-33(34-5-7-35(8-6-34)42-15-20-55-46-12-9-36(54)29-44(42)46)50(65)56-37-3-2-4-41(30-37)69-40-18-23-61(24-19-40)49(64)32-58-21-16-38(17-22-58)59-25-27-60(28-26-59)39-10-11-43-45(31-39)53(68)62(52(43)67)47-13-14-48(63)57-51(47)66/h2-4,9-12,15,20,29-31,33-35,38,40,47,52,67H,5-8,13-14,16-19,21-28,32H2,1H3,(H,56,65)(H,57,63,66)/t33-,34?,35?,47?,52?/m1/s1. The normalized spacial score (nSPS) is 24.9. The van der Waals surface area contributed by atoms with Crippen molar-refractivity contribution in [2.24, 2.45) is 11.8 Å². The molecule has 0 spiro atoms. The number of piperidine rings is 3. The quantitative estimate of drug-likeness (QED) is 0.155. The molecule has 69 heavy (non-hydrogen) atoms. The Morgan fingerprint density at radius 1 is 0.841 bits per heavy atom. The molecular weight excluding hydrogens is 880 g/mol. The van der Waals surface area contributed by atoms with Crippen molar-refractivity contribution < 1.29 is 38.2 Å². The highest BCUT2D eigenvalue weighted by molar-refractivity contribution is 6.06. The van der Waals surface area contributed by atoms with Crippen LogP contribution in [0.2, 0.25) is 0 Å². The summed E-state index contributed by atoms with van der Waals surface area (Å²) in [5, 5.41) is 17.3. The highest BCUT2D eigenvalue weighted by Crippen LogP contribution is 2.42. The van der Waals surface area contributed by atoms with Crippen LogP contribution in [-0.2, 0) is 19.2 Å². The van der Waals surface area contributed by atoms with E-state index in [4.69, 9.17) is 4.74 Å². The van der Waals surface area contributed by atoms with Crippen molar-refractivity contribution in [1.82, 2.24) is 29.9 Å². The molecule has 0 bridgehead atoms. The van der Waals surface area contributed by atoms with Crippen LogP contribution in [0.15, 0.2) is 72.9 Å². The summed E-state index contributed by atoms with van der Waals surface area (Å²) in [4.78, 5) is 79.3. The second kappa shape index (κ2) is 20.2. The number of aromatic nitrogens is 1. The number of pyridine rings is 1. The van der Waals surface area contributed by atoms with Gasteiger partial charge in [0.05, 0.1) is 12.1 Å². The molecule has 0 radical (unpaired) electrons. The molecule has 16 heteroatoms. The molecule has 5 amide bonds. The monoisotopic (exact) mass is 942 g/mol. The number of aliphatic hydroxyl groups is 1. The first-order chi connectivity index (χ1) is 33.4. The fraction of sp³-hybridized carbons (Fsp3) is 0.509. The van der Waals surface area contributed by atoms with E-state index in [2.05, 4.69) is 30.3 Å². The number of halogens is 1. The maximum atomic E-state index is 14.1. The predicted molar refractivity (Wildman–Crippen MR) is 258 cm³/mol. The third-order valence-electron chi connectivity index (χ3n) is 16.0. The number of carbonyl (C=O) groups excluding carboxylic acids is 5. The molecule has 1 saturated carbocycles. The number of imide groups is 1. The van der Waals surface area contributed by atoms with E-state index in [0.717, 1.165) is 113 Å². The van der Waals surface area contributed by atoms with Crippen molar-refractivity contribution in [3.8, 4) is 5.75 Å². The molecule has 1 aliphatic carbocycles.